The fraction of sp³-hybridized carbons (Fsp3) is 0. The van der Waals surface area contributed by atoms with Crippen molar-refractivity contribution in [2.24, 2.45) is 4.99 Å². The van der Waals surface area contributed by atoms with Gasteiger partial charge in [-0.05, 0) is 24.3 Å². The molecule has 0 bridgehead atoms. The molecular formula is C13H11F2NO4S2. The Bertz CT molecular complexity index is 701. The quantitative estimate of drug-likeness (QED) is 0.390. The van der Waals surface area contributed by atoms with E-state index in [4.69, 9.17) is 17.2 Å². The Kier molecular flexibility index (Phi) is 7.50. The average molecular weight is 347 g/mol. The van der Waals surface area contributed by atoms with E-state index < -0.39 is 10.5 Å². The molecule has 1 N–H and O–H groups in total. The predicted octanol–water partition coefficient (Wildman–Crippen LogP) is 4.11. The molecule has 0 aliphatic rings. The lowest BCUT2D eigenvalue weighted by Gasteiger charge is -2.01. The zero-order valence-electron chi connectivity index (χ0n) is 11.0. The van der Waals surface area contributed by atoms with Crippen molar-refractivity contribution in [3.8, 4) is 5.75 Å². The first-order valence-electron chi connectivity index (χ1n) is 5.70. The Morgan fingerprint density at radius 1 is 1.09 bits per heavy atom. The third-order valence-corrected chi connectivity index (χ3v) is 2.39. The van der Waals surface area contributed by atoms with Crippen LogP contribution in [0.2, 0.25) is 0 Å². The minimum Gasteiger partial charge on any atom is -0.396 e. The largest absolute Gasteiger partial charge is 0.435 e. The summed E-state index contributed by atoms with van der Waals surface area (Å²) < 4.78 is 50.9. The van der Waals surface area contributed by atoms with Crippen molar-refractivity contribution in [1.29, 1.82) is 0 Å². The zero-order chi connectivity index (χ0) is 16.4. The van der Waals surface area contributed by atoms with Crippen LogP contribution in [0.3, 0.4) is 0 Å². The van der Waals surface area contributed by atoms with Crippen LogP contribution in [0, 0.1) is 0 Å². The Morgan fingerprint density at radius 2 is 1.64 bits per heavy atom. The molecule has 9 heteroatoms. The second-order valence-electron chi connectivity index (χ2n) is 3.69. The molecule has 0 aliphatic heterocycles. The smallest absolute Gasteiger partial charge is 0.396 e. The molecule has 2 aromatic carbocycles. The summed E-state index contributed by atoms with van der Waals surface area (Å²) in [5, 5.41) is 0. The first-order chi connectivity index (χ1) is 10.4. The number of para-hydroxylation sites is 2. The molecule has 0 spiro atoms. The molecule has 0 amide bonds. The standard InChI is InChI=1S/C13H10FNOS.FHO3S/c14-17-16-13-9-5-4-6-11(13)10-15-12-7-2-1-3-8-12;1-5(2,3)4/h1-10H;(H,2,3,4)/b15-10+;. The number of benzene rings is 2. The van der Waals surface area contributed by atoms with E-state index in [0.717, 1.165) is 11.3 Å². The zero-order valence-corrected chi connectivity index (χ0v) is 12.6. The minimum absolute atomic E-state index is 0.171. The van der Waals surface area contributed by atoms with Crippen LogP contribution in [0.4, 0.5) is 13.5 Å². The first-order valence-corrected chi connectivity index (χ1v) is 7.69. The van der Waals surface area contributed by atoms with Crippen molar-refractivity contribution in [2.75, 3.05) is 0 Å². The van der Waals surface area contributed by atoms with Crippen LogP contribution in [0.1, 0.15) is 5.56 Å². The van der Waals surface area contributed by atoms with Crippen molar-refractivity contribution in [3.05, 3.63) is 60.2 Å². The van der Waals surface area contributed by atoms with Crippen molar-refractivity contribution in [1.82, 2.24) is 0 Å². The highest BCUT2D eigenvalue weighted by atomic mass is 32.3. The molecule has 0 heterocycles. The highest BCUT2D eigenvalue weighted by molar-refractivity contribution is 7.89. The van der Waals surface area contributed by atoms with Gasteiger partial charge in [0, 0.05) is 11.8 Å². The number of rotatable bonds is 4. The summed E-state index contributed by atoms with van der Waals surface area (Å²) >= 11 is -0.171. The van der Waals surface area contributed by atoms with E-state index >= 15 is 0 Å². The summed E-state index contributed by atoms with van der Waals surface area (Å²) in [7, 11) is -5.17. The summed E-state index contributed by atoms with van der Waals surface area (Å²) in [4.78, 5) is 4.28. The van der Waals surface area contributed by atoms with E-state index in [0.29, 0.717) is 5.75 Å². The Balaban J connectivity index is 0.000000422. The van der Waals surface area contributed by atoms with Gasteiger partial charge < -0.3 is 4.18 Å². The van der Waals surface area contributed by atoms with Crippen LogP contribution >= 0.6 is 12.4 Å². The summed E-state index contributed by atoms with van der Waals surface area (Å²) in [6.07, 6.45) is 1.65. The Morgan fingerprint density at radius 3 is 2.23 bits per heavy atom. The van der Waals surface area contributed by atoms with E-state index in [2.05, 4.69) is 4.99 Å². The number of nitrogens with zero attached hydrogens (tertiary/aromatic N) is 1. The number of halogens is 2. The summed E-state index contributed by atoms with van der Waals surface area (Å²) in [6, 6.07) is 16.7. The van der Waals surface area contributed by atoms with Gasteiger partial charge in [0.15, 0.2) is 0 Å². The third kappa shape index (κ3) is 8.35. The SMILES string of the molecule is FSOc1ccccc1/C=N/c1ccccc1.O=S(=O)(O)F. The number of aliphatic imine (C=N–C) groups is 1. The van der Waals surface area contributed by atoms with Gasteiger partial charge in [0.2, 0.25) is 0 Å². The first kappa shape index (κ1) is 18.1. The van der Waals surface area contributed by atoms with Gasteiger partial charge in [-0.15, -0.1) is 3.89 Å². The van der Waals surface area contributed by atoms with E-state index in [1.165, 1.54) is 0 Å². The Hall–Kier alpha value is -1.97. The summed E-state index contributed by atoms with van der Waals surface area (Å²) in [5.74, 6) is 0.458. The lowest BCUT2D eigenvalue weighted by atomic mass is 10.2. The normalized spacial score (nSPS) is 10.9. The van der Waals surface area contributed by atoms with Crippen LogP contribution in [-0.4, -0.2) is 19.2 Å². The third-order valence-electron chi connectivity index (χ3n) is 2.15. The highest BCUT2D eigenvalue weighted by Crippen LogP contribution is 2.21. The molecule has 2 aromatic rings. The van der Waals surface area contributed by atoms with Crippen molar-refractivity contribution in [2.45, 2.75) is 0 Å². The molecule has 0 saturated heterocycles. The monoisotopic (exact) mass is 347 g/mol. The van der Waals surface area contributed by atoms with E-state index in [1.54, 1.807) is 18.3 Å². The van der Waals surface area contributed by atoms with Crippen molar-refractivity contribution < 1.29 is 24.9 Å². The summed E-state index contributed by atoms with van der Waals surface area (Å²) in [6.45, 7) is 0. The van der Waals surface area contributed by atoms with Crippen molar-refractivity contribution >= 4 is 34.8 Å². The van der Waals surface area contributed by atoms with Gasteiger partial charge in [-0.3, -0.25) is 9.55 Å². The molecule has 0 aromatic heterocycles. The lowest BCUT2D eigenvalue weighted by Crippen LogP contribution is -1.86. The molecule has 0 unspecified atom stereocenters. The predicted molar refractivity (Wildman–Crippen MR) is 82.1 cm³/mol. The summed E-state index contributed by atoms with van der Waals surface area (Å²) in [5.41, 5.74) is 1.58. The number of hydrogen-bond donors (Lipinski definition) is 1. The molecule has 118 valence electrons. The van der Waals surface area contributed by atoms with Gasteiger partial charge in [0.1, 0.15) is 5.75 Å². The second-order valence-corrected chi connectivity index (χ2v) is 4.81. The fourth-order valence-electron chi connectivity index (χ4n) is 1.36. The molecule has 5 nitrogen and oxygen atoms in total. The molecule has 0 aliphatic carbocycles. The van der Waals surface area contributed by atoms with Gasteiger partial charge >= 0.3 is 10.5 Å². The molecule has 0 radical (unpaired) electrons. The van der Waals surface area contributed by atoms with Gasteiger partial charge in [0.05, 0.1) is 5.69 Å². The molecular weight excluding hydrogens is 336 g/mol. The lowest BCUT2D eigenvalue weighted by molar-refractivity contribution is 0.435. The van der Waals surface area contributed by atoms with Crippen LogP contribution in [0.5, 0.6) is 5.75 Å². The minimum atomic E-state index is -5.17. The van der Waals surface area contributed by atoms with Crippen LogP contribution < -0.4 is 4.18 Å². The van der Waals surface area contributed by atoms with Gasteiger partial charge in [-0.25, -0.2) is 0 Å². The molecule has 0 atom stereocenters. The average Bonchev–Trinajstić information content (AvgIpc) is 2.46. The van der Waals surface area contributed by atoms with Crippen LogP contribution in [-0.2, 0) is 10.5 Å². The highest BCUT2D eigenvalue weighted by Gasteiger charge is 2.00. The maximum Gasteiger partial charge on any atom is 0.435 e. The Labute approximate surface area is 131 Å². The van der Waals surface area contributed by atoms with E-state index in [-0.39, 0.29) is 12.4 Å². The van der Waals surface area contributed by atoms with Gasteiger partial charge in [-0.1, -0.05) is 34.2 Å². The maximum absolute atomic E-state index is 12.1. The molecule has 0 saturated carbocycles. The maximum atomic E-state index is 12.1. The van der Waals surface area contributed by atoms with Crippen LogP contribution in [0.15, 0.2) is 59.6 Å². The van der Waals surface area contributed by atoms with Gasteiger partial charge in [-0.2, -0.15) is 8.42 Å². The molecule has 2 rings (SSSR count). The fourth-order valence-corrected chi connectivity index (χ4v) is 1.57. The van der Waals surface area contributed by atoms with Crippen molar-refractivity contribution in [3.63, 3.8) is 0 Å². The van der Waals surface area contributed by atoms with E-state index in [9.17, 15) is 7.77 Å². The second kappa shape index (κ2) is 9.13. The van der Waals surface area contributed by atoms with Crippen LogP contribution in [0.25, 0.3) is 0 Å². The molecule has 22 heavy (non-hydrogen) atoms. The molecule has 0 fully saturated rings. The van der Waals surface area contributed by atoms with Gasteiger partial charge in [0.25, 0.3) is 12.4 Å². The topological polar surface area (TPSA) is 76.0 Å². The number of hydrogen-bond acceptors (Lipinski definition) is 5. The van der Waals surface area contributed by atoms with E-state index in [1.807, 2.05) is 42.5 Å².